The summed E-state index contributed by atoms with van der Waals surface area (Å²) in [6.07, 6.45) is 0. The lowest BCUT2D eigenvalue weighted by atomic mass is 10.2. The van der Waals surface area contributed by atoms with Gasteiger partial charge >= 0.3 is 5.97 Å². The molecule has 7 nitrogen and oxygen atoms in total. The fourth-order valence-corrected chi connectivity index (χ4v) is 2.93. The molecule has 0 unspecified atom stereocenters. The standard InChI is InChI=1S/C21H21N3O4/c1-16(25)23-10-12-24(13-11-23)18-4-8-20(9-5-18)28-21(26)15-27-19-6-2-17(14-22)3-7-19/h2-9H,10-13,15H2,1H3. The molecule has 0 aromatic heterocycles. The maximum absolute atomic E-state index is 11.9. The number of anilines is 1. The summed E-state index contributed by atoms with van der Waals surface area (Å²) in [5, 5.41) is 8.76. The molecule has 1 saturated heterocycles. The van der Waals surface area contributed by atoms with Gasteiger partial charge in [0.15, 0.2) is 6.61 Å². The average molecular weight is 379 g/mol. The van der Waals surface area contributed by atoms with Gasteiger partial charge in [0.25, 0.3) is 0 Å². The normalized spacial score (nSPS) is 13.6. The van der Waals surface area contributed by atoms with Crippen LogP contribution in [0.15, 0.2) is 48.5 Å². The third-order valence-electron chi connectivity index (χ3n) is 4.50. The van der Waals surface area contributed by atoms with Crippen molar-refractivity contribution in [1.29, 1.82) is 5.26 Å². The van der Waals surface area contributed by atoms with E-state index < -0.39 is 5.97 Å². The fraction of sp³-hybridized carbons (Fsp3) is 0.286. The summed E-state index contributed by atoms with van der Waals surface area (Å²) in [6, 6.07) is 15.8. The van der Waals surface area contributed by atoms with E-state index in [1.165, 1.54) is 0 Å². The highest BCUT2D eigenvalue weighted by Gasteiger charge is 2.18. The van der Waals surface area contributed by atoms with Crippen molar-refractivity contribution in [1.82, 2.24) is 4.90 Å². The molecule has 1 aliphatic heterocycles. The number of carbonyl (C=O) groups is 2. The number of amides is 1. The minimum absolute atomic E-state index is 0.102. The first kappa shape index (κ1) is 19.2. The van der Waals surface area contributed by atoms with Gasteiger partial charge in [-0.25, -0.2) is 4.79 Å². The molecule has 2 aromatic carbocycles. The SMILES string of the molecule is CC(=O)N1CCN(c2ccc(OC(=O)COc3ccc(C#N)cc3)cc2)CC1. The Morgan fingerprint density at radius 1 is 0.964 bits per heavy atom. The van der Waals surface area contributed by atoms with Crippen LogP contribution in [-0.2, 0) is 9.59 Å². The van der Waals surface area contributed by atoms with E-state index in [2.05, 4.69) is 4.90 Å². The first-order valence-corrected chi connectivity index (χ1v) is 8.99. The Balaban J connectivity index is 1.47. The zero-order valence-electron chi connectivity index (χ0n) is 15.6. The molecule has 0 radical (unpaired) electrons. The highest BCUT2D eigenvalue weighted by molar-refractivity contribution is 5.74. The lowest BCUT2D eigenvalue weighted by Gasteiger charge is -2.35. The van der Waals surface area contributed by atoms with Gasteiger partial charge in [0.1, 0.15) is 11.5 Å². The fourth-order valence-electron chi connectivity index (χ4n) is 2.93. The lowest BCUT2D eigenvalue weighted by Crippen LogP contribution is -2.48. The van der Waals surface area contributed by atoms with Crippen LogP contribution in [0.3, 0.4) is 0 Å². The Labute approximate surface area is 163 Å². The first-order valence-electron chi connectivity index (χ1n) is 8.99. The molecule has 0 aliphatic carbocycles. The number of esters is 1. The smallest absolute Gasteiger partial charge is 0.349 e. The third kappa shape index (κ3) is 5.01. The zero-order valence-corrected chi connectivity index (χ0v) is 15.6. The molecule has 1 heterocycles. The molecule has 2 aromatic rings. The molecular formula is C21H21N3O4. The number of rotatable bonds is 5. The minimum Gasteiger partial charge on any atom is -0.482 e. The van der Waals surface area contributed by atoms with E-state index in [1.54, 1.807) is 43.3 Å². The van der Waals surface area contributed by atoms with Gasteiger partial charge in [-0.1, -0.05) is 0 Å². The Bertz CT molecular complexity index is 864. The van der Waals surface area contributed by atoms with Crippen molar-refractivity contribution in [2.45, 2.75) is 6.92 Å². The number of nitrogens with zero attached hydrogens (tertiary/aromatic N) is 3. The summed E-state index contributed by atoms with van der Waals surface area (Å²) < 4.78 is 10.6. The van der Waals surface area contributed by atoms with E-state index in [1.807, 2.05) is 23.1 Å². The number of hydrogen-bond acceptors (Lipinski definition) is 6. The molecule has 0 bridgehead atoms. The topological polar surface area (TPSA) is 82.9 Å². The predicted molar refractivity (Wildman–Crippen MR) is 103 cm³/mol. The van der Waals surface area contributed by atoms with Gasteiger partial charge in [-0.05, 0) is 48.5 Å². The lowest BCUT2D eigenvalue weighted by molar-refractivity contribution is -0.136. The van der Waals surface area contributed by atoms with Crippen molar-refractivity contribution in [3.63, 3.8) is 0 Å². The van der Waals surface area contributed by atoms with Gasteiger partial charge in [-0.15, -0.1) is 0 Å². The van der Waals surface area contributed by atoms with Gasteiger partial charge in [0.05, 0.1) is 11.6 Å². The Morgan fingerprint density at radius 3 is 2.14 bits per heavy atom. The van der Waals surface area contributed by atoms with E-state index in [9.17, 15) is 9.59 Å². The Morgan fingerprint density at radius 2 is 1.57 bits per heavy atom. The highest BCUT2D eigenvalue weighted by atomic mass is 16.6. The quantitative estimate of drug-likeness (QED) is 0.585. The molecule has 0 atom stereocenters. The van der Waals surface area contributed by atoms with Crippen molar-refractivity contribution in [3.05, 3.63) is 54.1 Å². The number of hydrogen-bond donors (Lipinski definition) is 0. The summed E-state index contributed by atoms with van der Waals surface area (Å²) in [6.45, 7) is 4.33. The number of benzene rings is 2. The van der Waals surface area contributed by atoms with Crippen LogP contribution < -0.4 is 14.4 Å². The van der Waals surface area contributed by atoms with Crippen LogP contribution in [-0.4, -0.2) is 49.6 Å². The molecule has 1 amide bonds. The Hall–Kier alpha value is -3.53. The van der Waals surface area contributed by atoms with Gasteiger partial charge in [0, 0.05) is 38.8 Å². The molecule has 1 aliphatic rings. The highest BCUT2D eigenvalue weighted by Crippen LogP contribution is 2.21. The van der Waals surface area contributed by atoms with E-state index in [4.69, 9.17) is 14.7 Å². The monoisotopic (exact) mass is 379 g/mol. The van der Waals surface area contributed by atoms with Crippen LogP contribution in [0.5, 0.6) is 11.5 Å². The van der Waals surface area contributed by atoms with Gasteiger partial charge in [0.2, 0.25) is 5.91 Å². The second-order valence-electron chi connectivity index (χ2n) is 6.39. The summed E-state index contributed by atoms with van der Waals surface area (Å²) in [5.74, 6) is 0.535. The molecule has 0 N–H and O–H groups in total. The summed E-state index contributed by atoms with van der Waals surface area (Å²) in [5.41, 5.74) is 1.55. The molecule has 0 spiro atoms. The predicted octanol–water partition coefficient (Wildman–Crippen LogP) is 2.21. The van der Waals surface area contributed by atoms with Gasteiger partial charge in [-0.2, -0.15) is 5.26 Å². The molecule has 7 heteroatoms. The maximum atomic E-state index is 11.9. The largest absolute Gasteiger partial charge is 0.482 e. The molecular weight excluding hydrogens is 358 g/mol. The molecule has 3 rings (SSSR count). The van der Waals surface area contributed by atoms with Crippen molar-refractivity contribution in [2.24, 2.45) is 0 Å². The van der Waals surface area contributed by atoms with Gasteiger partial charge in [-0.3, -0.25) is 4.79 Å². The minimum atomic E-state index is -0.507. The van der Waals surface area contributed by atoms with E-state index in [0.29, 0.717) is 30.2 Å². The molecule has 1 fully saturated rings. The van der Waals surface area contributed by atoms with E-state index in [0.717, 1.165) is 18.8 Å². The van der Waals surface area contributed by atoms with E-state index >= 15 is 0 Å². The molecule has 144 valence electrons. The van der Waals surface area contributed by atoms with Crippen molar-refractivity contribution in [2.75, 3.05) is 37.7 Å². The Kier molecular flexibility index (Phi) is 6.12. The van der Waals surface area contributed by atoms with Crippen molar-refractivity contribution in [3.8, 4) is 17.6 Å². The number of piperazine rings is 1. The number of carbonyl (C=O) groups excluding carboxylic acids is 2. The van der Waals surface area contributed by atoms with Crippen LogP contribution in [0.25, 0.3) is 0 Å². The third-order valence-corrected chi connectivity index (χ3v) is 4.50. The summed E-state index contributed by atoms with van der Waals surface area (Å²) in [4.78, 5) is 27.4. The number of nitriles is 1. The van der Waals surface area contributed by atoms with E-state index in [-0.39, 0.29) is 12.5 Å². The van der Waals surface area contributed by atoms with Crippen LogP contribution in [0.4, 0.5) is 5.69 Å². The van der Waals surface area contributed by atoms with Crippen molar-refractivity contribution >= 4 is 17.6 Å². The zero-order chi connectivity index (χ0) is 19.9. The molecule has 28 heavy (non-hydrogen) atoms. The second-order valence-corrected chi connectivity index (χ2v) is 6.39. The van der Waals surface area contributed by atoms with Gasteiger partial charge < -0.3 is 19.3 Å². The molecule has 0 saturated carbocycles. The van der Waals surface area contributed by atoms with Crippen LogP contribution in [0, 0.1) is 11.3 Å². The average Bonchev–Trinajstić information content (AvgIpc) is 2.73. The van der Waals surface area contributed by atoms with Crippen LogP contribution in [0.1, 0.15) is 12.5 Å². The van der Waals surface area contributed by atoms with Crippen molar-refractivity contribution < 1.29 is 19.1 Å². The van der Waals surface area contributed by atoms with Crippen LogP contribution in [0.2, 0.25) is 0 Å². The first-order chi connectivity index (χ1) is 13.5. The number of ether oxygens (including phenoxy) is 2. The second kappa shape index (κ2) is 8.91. The maximum Gasteiger partial charge on any atom is 0.349 e. The summed E-state index contributed by atoms with van der Waals surface area (Å²) in [7, 11) is 0. The van der Waals surface area contributed by atoms with Crippen LogP contribution >= 0.6 is 0 Å². The summed E-state index contributed by atoms with van der Waals surface area (Å²) >= 11 is 0.